The average Bonchev–Trinajstić information content (AvgIpc) is 3.17. The van der Waals surface area contributed by atoms with Crippen LogP contribution in [-0.2, 0) is 5.54 Å². The fourth-order valence-corrected chi connectivity index (χ4v) is 3.40. The molecule has 7 nitrogen and oxygen atoms in total. The van der Waals surface area contributed by atoms with Crippen LogP contribution in [0.25, 0.3) is 0 Å². The molecule has 1 fully saturated rings. The Morgan fingerprint density at radius 3 is 2.48 bits per heavy atom. The van der Waals surface area contributed by atoms with Gasteiger partial charge in [-0.3, -0.25) is 9.78 Å². The van der Waals surface area contributed by atoms with Crippen LogP contribution < -0.4 is 4.90 Å². The molecule has 0 unspecified atom stereocenters. The number of carbonyl (C=O) groups is 1. The Labute approximate surface area is 161 Å². The number of carbonyl (C=O) groups excluding carboxylic acids is 1. The van der Waals surface area contributed by atoms with E-state index in [1.807, 2.05) is 40.2 Å². The number of piperidine rings is 1. The Morgan fingerprint density at radius 2 is 1.89 bits per heavy atom. The van der Waals surface area contributed by atoms with Crippen molar-refractivity contribution in [2.75, 3.05) is 31.6 Å². The molecule has 0 spiro atoms. The predicted molar refractivity (Wildman–Crippen MR) is 106 cm³/mol. The first-order valence-corrected chi connectivity index (χ1v) is 9.68. The zero-order valence-corrected chi connectivity index (χ0v) is 16.8. The number of pyridine rings is 1. The van der Waals surface area contributed by atoms with E-state index in [2.05, 4.69) is 32.3 Å². The van der Waals surface area contributed by atoms with E-state index in [1.54, 1.807) is 15.8 Å². The topological polar surface area (TPSA) is 67.2 Å². The van der Waals surface area contributed by atoms with Gasteiger partial charge in [0, 0.05) is 44.8 Å². The van der Waals surface area contributed by atoms with Crippen LogP contribution in [0.15, 0.2) is 30.7 Å². The molecule has 3 heterocycles. The first-order chi connectivity index (χ1) is 12.8. The molecule has 1 aliphatic heterocycles. The smallest absolute Gasteiger partial charge is 0.275 e. The van der Waals surface area contributed by atoms with E-state index in [1.165, 1.54) is 5.69 Å². The van der Waals surface area contributed by atoms with Crippen LogP contribution in [0.3, 0.4) is 0 Å². The number of aromatic nitrogens is 4. The number of amides is 1. The molecule has 0 saturated carbocycles. The second kappa shape index (κ2) is 8.06. The lowest BCUT2D eigenvalue weighted by atomic mass is 9.93. The number of rotatable bonds is 5. The molecule has 7 heteroatoms. The average molecular weight is 371 g/mol. The molecule has 0 N–H and O–H groups in total. The Hall–Kier alpha value is -2.44. The molecule has 0 atom stereocenters. The largest absolute Gasteiger partial charge is 0.371 e. The molecular formula is C20H30N6O. The van der Waals surface area contributed by atoms with Crippen LogP contribution >= 0.6 is 0 Å². The lowest BCUT2D eigenvalue weighted by Gasteiger charge is -2.34. The van der Waals surface area contributed by atoms with Gasteiger partial charge in [0.1, 0.15) is 0 Å². The van der Waals surface area contributed by atoms with Gasteiger partial charge in [-0.05, 0) is 58.1 Å². The third kappa shape index (κ3) is 4.84. The normalized spacial score (nSPS) is 15.8. The summed E-state index contributed by atoms with van der Waals surface area (Å²) >= 11 is 0. The summed E-state index contributed by atoms with van der Waals surface area (Å²) in [5.74, 6) is 0.600. The van der Waals surface area contributed by atoms with Crippen molar-refractivity contribution in [3.8, 4) is 0 Å². The van der Waals surface area contributed by atoms with Gasteiger partial charge >= 0.3 is 0 Å². The second-order valence-electron chi connectivity index (χ2n) is 8.37. The van der Waals surface area contributed by atoms with Crippen molar-refractivity contribution in [1.29, 1.82) is 0 Å². The van der Waals surface area contributed by atoms with Crippen molar-refractivity contribution in [2.45, 2.75) is 45.6 Å². The second-order valence-corrected chi connectivity index (χ2v) is 8.37. The lowest BCUT2D eigenvalue weighted by molar-refractivity contribution is 0.0779. The van der Waals surface area contributed by atoms with Gasteiger partial charge in [0.25, 0.3) is 5.91 Å². The van der Waals surface area contributed by atoms with E-state index in [0.717, 1.165) is 38.9 Å². The highest BCUT2D eigenvalue weighted by atomic mass is 16.2. The first kappa shape index (κ1) is 19.3. The monoisotopic (exact) mass is 370 g/mol. The third-order valence-electron chi connectivity index (χ3n) is 5.26. The van der Waals surface area contributed by atoms with Crippen LogP contribution in [-0.4, -0.2) is 57.5 Å². The fourth-order valence-electron chi connectivity index (χ4n) is 3.40. The predicted octanol–water partition coefficient (Wildman–Crippen LogP) is 2.81. The number of nitrogens with zero attached hydrogens (tertiary/aromatic N) is 6. The number of hydrogen-bond acceptors (Lipinski definition) is 5. The highest BCUT2D eigenvalue weighted by Crippen LogP contribution is 2.25. The van der Waals surface area contributed by atoms with E-state index < -0.39 is 0 Å². The maximum absolute atomic E-state index is 12.6. The minimum Gasteiger partial charge on any atom is -0.371 e. The van der Waals surface area contributed by atoms with Crippen molar-refractivity contribution in [1.82, 2.24) is 24.9 Å². The Bertz CT molecular complexity index is 743. The Morgan fingerprint density at radius 1 is 1.22 bits per heavy atom. The maximum Gasteiger partial charge on any atom is 0.275 e. The summed E-state index contributed by atoms with van der Waals surface area (Å²) in [6.07, 6.45) is 8.77. The van der Waals surface area contributed by atoms with Gasteiger partial charge in [-0.2, -0.15) is 0 Å². The van der Waals surface area contributed by atoms with Gasteiger partial charge < -0.3 is 9.80 Å². The highest BCUT2D eigenvalue weighted by molar-refractivity contribution is 5.91. The van der Waals surface area contributed by atoms with Crippen molar-refractivity contribution in [3.63, 3.8) is 0 Å². The molecule has 0 bridgehead atoms. The van der Waals surface area contributed by atoms with E-state index in [4.69, 9.17) is 0 Å². The van der Waals surface area contributed by atoms with Gasteiger partial charge in [0.05, 0.1) is 11.7 Å². The molecule has 1 aliphatic rings. The van der Waals surface area contributed by atoms with Crippen LogP contribution in [0, 0.1) is 5.92 Å². The highest BCUT2D eigenvalue weighted by Gasteiger charge is 2.23. The van der Waals surface area contributed by atoms with E-state index >= 15 is 0 Å². The molecule has 0 aliphatic carbocycles. The van der Waals surface area contributed by atoms with Gasteiger partial charge in [-0.15, -0.1) is 5.10 Å². The van der Waals surface area contributed by atoms with Gasteiger partial charge in [-0.25, -0.2) is 4.68 Å². The third-order valence-corrected chi connectivity index (χ3v) is 5.26. The first-order valence-electron chi connectivity index (χ1n) is 9.68. The molecule has 0 radical (unpaired) electrons. The molecule has 1 saturated heterocycles. The summed E-state index contributed by atoms with van der Waals surface area (Å²) in [5, 5.41) is 8.14. The van der Waals surface area contributed by atoms with Gasteiger partial charge in [0.2, 0.25) is 0 Å². The fraction of sp³-hybridized carbons (Fsp3) is 0.600. The zero-order valence-electron chi connectivity index (χ0n) is 16.8. The zero-order chi connectivity index (χ0) is 19.4. The standard InChI is InChI=1S/C20H30N6O/c1-20(2,3)26-15-18(22-23-26)19(27)24(4)12-7-16-8-13-25(14-9-16)17-5-10-21-11-6-17/h5-6,10-11,15-16H,7-9,12-14H2,1-4H3. The van der Waals surface area contributed by atoms with Crippen LogP contribution in [0.5, 0.6) is 0 Å². The minimum atomic E-state index is -0.174. The molecule has 2 aromatic heterocycles. The SMILES string of the molecule is CN(CCC1CCN(c2ccncc2)CC1)C(=O)c1cn(C(C)(C)C)nn1. The molecule has 2 aromatic rings. The quantitative estimate of drug-likeness (QED) is 0.810. The molecule has 146 valence electrons. The molecule has 27 heavy (non-hydrogen) atoms. The van der Waals surface area contributed by atoms with Crippen molar-refractivity contribution in [2.24, 2.45) is 5.92 Å². The van der Waals surface area contributed by atoms with Crippen molar-refractivity contribution < 1.29 is 4.79 Å². The van der Waals surface area contributed by atoms with Gasteiger partial charge in [0.15, 0.2) is 5.69 Å². The Kier molecular flexibility index (Phi) is 5.77. The van der Waals surface area contributed by atoms with Crippen LogP contribution in [0.2, 0.25) is 0 Å². The van der Waals surface area contributed by atoms with E-state index in [9.17, 15) is 4.79 Å². The Balaban J connectivity index is 1.46. The summed E-state index contributed by atoms with van der Waals surface area (Å²) in [4.78, 5) is 20.9. The summed E-state index contributed by atoms with van der Waals surface area (Å²) < 4.78 is 1.74. The minimum absolute atomic E-state index is 0.0558. The van der Waals surface area contributed by atoms with E-state index in [-0.39, 0.29) is 11.4 Å². The van der Waals surface area contributed by atoms with E-state index in [0.29, 0.717) is 11.6 Å². The molecule has 1 amide bonds. The van der Waals surface area contributed by atoms with Crippen molar-refractivity contribution in [3.05, 3.63) is 36.4 Å². The molecule has 0 aromatic carbocycles. The van der Waals surface area contributed by atoms with Gasteiger partial charge in [-0.1, -0.05) is 5.21 Å². The lowest BCUT2D eigenvalue weighted by Crippen LogP contribution is -2.35. The van der Waals surface area contributed by atoms with Crippen LogP contribution in [0.1, 0.15) is 50.5 Å². The van der Waals surface area contributed by atoms with Crippen molar-refractivity contribution >= 4 is 11.6 Å². The molecular weight excluding hydrogens is 340 g/mol. The molecule has 3 rings (SSSR count). The summed E-state index contributed by atoms with van der Waals surface area (Å²) in [6.45, 7) is 8.99. The summed E-state index contributed by atoms with van der Waals surface area (Å²) in [5.41, 5.74) is 1.49. The summed E-state index contributed by atoms with van der Waals surface area (Å²) in [6, 6.07) is 4.13. The van der Waals surface area contributed by atoms with Crippen LogP contribution in [0.4, 0.5) is 5.69 Å². The maximum atomic E-state index is 12.6. The summed E-state index contributed by atoms with van der Waals surface area (Å²) in [7, 11) is 1.85. The number of hydrogen-bond donors (Lipinski definition) is 0. The number of anilines is 1.